The van der Waals surface area contributed by atoms with Crippen LogP contribution in [0.25, 0.3) is 0 Å². The fraction of sp³-hybridized carbons (Fsp3) is 0.643. The van der Waals surface area contributed by atoms with Gasteiger partial charge in [0.05, 0.1) is 0 Å². The van der Waals surface area contributed by atoms with E-state index in [4.69, 9.17) is 5.73 Å². The summed E-state index contributed by atoms with van der Waals surface area (Å²) in [4.78, 5) is 4.26. The van der Waals surface area contributed by atoms with Gasteiger partial charge >= 0.3 is 0 Å². The van der Waals surface area contributed by atoms with Crippen LogP contribution in [-0.4, -0.2) is 11.0 Å². The van der Waals surface area contributed by atoms with Gasteiger partial charge in [-0.25, -0.2) is 0 Å². The minimum Gasteiger partial charge on any atom is -0.328 e. The van der Waals surface area contributed by atoms with E-state index in [1.165, 1.54) is 31.2 Å². The standard InChI is InChI=1S/C14H22N2/c1-10-9-14(7-8-16-10)13-5-3-12(4-6-13)11(2)15/h7-9,11-13H,3-6,15H2,1-2H3. The largest absolute Gasteiger partial charge is 0.328 e. The molecule has 0 radical (unpaired) electrons. The molecule has 0 aromatic carbocycles. The highest BCUT2D eigenvalue weighted by atomic mass is 14.7. The van der Waals surface area contributed by atoms with Gasteiger partial charge in [-0.1, -0.05) is 0 Å². The van der Waals surface area contributed by atoms with Gasteiger partial charge in [-0.2, -0.15) is 0 Å². The molecule has 1 saturated carbocycles. The van der Waals surface area contributed by atoms with Crippen molar-refractivity contribution in [2.45, 2.75) is 51.5 Å². The molecule has 2 heteroatoms. The number of aryl methyl sites for hydroxylation is 1. The quantitative estimate of drug-likeness (QED) is 0.828. The Morgan fingerprint density at radius 2 is 2.00 bits per heavy atom. The molecule has 88 valence electrons. The number of pyridine rings is 1. The lowest BCUT2D eigenvalue weighted by Crippen LogP contribution is -2.29. The molecule has 0 spiro atoms. The molecule has 1 aromatic rings. The van der Waals surface area contributed by atoms with Gasteiger partial charge < -0.3 is 5.73 Å². The Bertz CT molecular complexity index is 338. The second-order valence-electron chi connectivity index (χ2n) is 5.20. The molecular formula is C14H22N2. The molecule has 0 amide bonds. The van der Waals surface area contributed by atoms with E-state index in [1.54, 1.807) is 0 Å². The second-order valence-corrected chi connectivity index (χ2v) is 5.20. The monoisotopic (exact) mass is 218 g/mol. The third-order valence-electron chi connectivity index (χ3n) is 3.91. The van der Waals surface area contributed by atoms with Crippen LogP contribution in [-0.2, 0) is 0 Å². The van der Waals surface area contributed by atoms with Gasteiger partial charge in [0.2, 0.25) is 0 Å². The van der Waals surface area contributed by atoms with E-state index in [-0.39, 0.29) is 0 Å². The Labute approximate surface area is 98.3 Å². The number of rotatable bonds is 2. The van der Waals surface area contributed by atoms with Crippen LogP contribution >= 0.6 is 0 Å². The van der Waals surface area contributed by atoms with Gasteiger partial charge in [-0.3, -0.25) is 4.98 Å². The molecule has 1 aromatic heterocycles. The van der Waals surface area contributed by atoms with E-state index in [1.807, 2.05) is 6.20 Å². The lowest BCUT2D eigenvalue weighted by atomic mass is 9.76. The maximum atomic E-state index is 5.97. The Morgan fingerprint density at radius 3 is 2.56 bits per heavy atom. The molecule has 1 atom stereocenters. The van der Waals surface area contributed by atoms with Crippen LogP contribution in [0.2, 0.25) is 0 Å². The molecule has 16 heavy (non-hydrogen) atoms. The minimum atomic E-state index is 0.361. The zero-order chi connectivity index (χ0) is 11.5. The number of aromatic nitrogens is 1. The predicted molar refractivity (Wildman–Crippen MR) is 67.3 cm³/mol. The molecule has 2 rings (SSSR count). The number of hydrogen-bond acceptors (Lipinski definition) is 2. The van der Waals surface area contributed by atoms with Crippen LogP contribution in [0.3, 0.4) is 0 Å². The maximum absolute atomic E-state index is 5.97. The zero-order valence-corrected chi connectivity index (χ0v) is 10.3. The van der Waals surface area contributed by atoms with Crippen molar-refractivity contribution in [2.24, 2.45) is 11.7 Å². The smallest absolute Gasteiger partial charge is 0.0375 e. The van der Waals surface area contributed by atoms with E-state index < -0.39 is 0 Å². The molecular weight excluding hydrogens is 196 g/mol. The Hall–Kier alpha value is -0.890. The molecule has 1 fully saturated rings. The first-order chi connectivity index (χ1) is 7.66. The van der Waals surface area contributed by atoms with Gasteiger partial charge in [-0.15, -0.1) is 0 Å². The fourth-order valence-corrected chi connectivity index (χ4v) is 2.80. The summed E-state index contributed by atoms with van der Waals surface area (Å²) in [7, 11) is 0. The fourth-order valence-electron chi connectivity index (χ4n) is 2.80. The highest BCUT2D eigenvalue weighted by molar-refractivity contribution is 5.20. The van der Waals surface area contributed by atoms with Crippen LogP contribution in [0.5, 0.6) is 0 Å². The van der Waals surface area contributed by atoms with E-state index >= 15 is 0 Å². The number of hydrogen-bond donors (Lipinski definition) is 1. The Morgan fingerprint density at radius 1 is 1.31 bits per heavy atom. The first-order valence-corrected chi connectivity index (χ1v) is 6.35. The normalized spacial score (nSPS) is 27.7. The molecule has 0 bridgehead atoms. The molecule has 0 aliphatic heterocycles. The zero-order valence-electron chi connectivity index (χ0n) is 10.3. The first kappa shape index (κ1) is 11.6. The van der Waals surface area contributed by atoms with E-state index in [9.17, 15) is 0 Å². The molecule has 1 aliphatic carbocycles. The van der Waals surface area contributed by atoms with Crippen molar-refractivity contribution in [2.75, 3.05) is 0 Å². The van der Waals surface area contributed by atoms with Gasteiger partial charge in [0.25, 0.3) is 0 Å². The molecule has 1 unspecified atom stereocenters. The van der Waals surface area contributed by atoms with Crippen LogP contribution in [0.1, 0.15) is 49.8 Å². The Kier molecular flexibility index (Phi) is 3.59. The van der Waals surface area contributed by atoms with E-state index in [0.717, 1.165) is 17.5 Å². The summed E-state index contributed by atoms with van der Waals surface area (Å²) >= 11 is 0. The lowest BCUT2D eigenvalue weighted by Gasteiger charge is -2.31. The third kappa shape index (κ3) is 2.62. The predicted octanol–water partition coefficient (Wildman–Crippen LogP) is 3.01. The minimum absolute atomic E-state index is 0.361. The SMILES string of the molecule is Cc1cc(C2CCC(C(C)N)CC2)ccn1. The average Bonchev–Trinajstić information content (AvgIpc) is 2.29. The molecule has 1 aliphatic rings. The average molecular weight is 218 g/mol. The summed E-state index contributed by atoms with van der Waals surface area (Å²) < 4.78 is 0. The molecule has 0 saturated heterocycles. The van der Waals surface area contributed by atoms with Gasteiger partial charge in [0.15, 0.2) is 0 Å². The number of nitrogens with two attached hydrogens (primary N) is 1. The summed E-state index contributed by atoms with van der Waals surface area (Å²) in [6, 6.07) is 4.76. The highest BCUT2D eigenvalue weighted by Gasteiger charge is 2.24. The van der Waals surface area contributed by atoms with Crippen LogP contribution < -0.4 is 5.73 Å². The number of nitrogens with zero attached hydrogens (tertiary/aromatic N) is 1. The maximum Gasteiger partial charge on any atom is 0.0375 e. The molecule has 2 N–H and O–H groups in total. The second kappa shape index (κ2) is 4.96. The molecule has 2 nitrogen and oxygen atoms in total. The van der Waals surface area contributed by atoms with Gasteiger partial charge in [0, 0.05) is 17.9 Å². The summed E-state index contributed by atoms with van der Waals surface area (Å²) in [5.41, 5.74) is 8.56. The van der Waals surface area contributed by atoms with Crippen molar-refractivity contribution >= 4 is 0 Å². The highest BCUT2D eigenvalue weighted by Crippen LogP contribution is 2.36. The lowest BCUT2D eigenvalue weighted by molar-refractivity contribution is 0.291. The first-order valence-electron chi connectivity index (χ1n) is 6.35. The van der Waals surface area contributed by atoms with Gasteiger partial charge in [-0.05, 0) is 69.1 Å². The summed E-state index contributed by atoms with van der Waals surface area (Å²) in [5.74, 6) is 1.47. The van der Waals surface area contributed by atoms with E-state index in [2.05, 4.69) is 31.0 Å². The third-order valence-corrected chi connectivity index (χ3v) is 3.91. The van der Waals surface area contributed by atoms with Crippen molar-refractivity contribution in [1.82, 2.24) is 4.98 Å². The van der Waals surface area contributed by atoms with Gasteiger partial charge in [0.1, 0.15) is 0 Å². The van der Waals surface area contributed by atoms with Crippen LogP contribution in [0.15, 0.2) is 18.3 Å². The van der Waals surface area contributed by atoms with E-state index in [0.29, 0.717) is 6.04 Å². The van der Waals surface area contributed by atoms with Crippen molar-refractivity contribution in [3.8, 4) is 0 Å². The van der Waals surface area contributed by atoms with Crippen LogP contribution in [0, 0.1) is 12.8 Å². The summed E-state index contributed by atoms with van der Waals surface area (Å²) in [5, 5.41) is 0. The Balaban J connectivity index is 1.99. The summed E-state index contributed by atoms with van der Waals surface area (Å²) in [6.45, 7) is 4.21. The molecule has 1 heterocycles. The van der Waals surface area contributed by atoms with Crippen LogP contribution in [0.4, 0.5) is 0 Å². The topological polar surface area (TPSA) is 38.9 Å². The van der Waals surface area contributed by atoms with Crippen molar-refractivity contribution in [3.63, 3.8) is 0 Å². The van der Waals surface area contributed by atoms with Crippen molar-refractivity contribution in [3.05, 3.63) is 29.6 Å². The summed E-state index contributed by atoms with van der Waals surface area (Å²) in [6.07, 6.45) is 7.07. The van der Waals surface area contributed by atoms with Crippen molar-refractivity contribution < 1.29 is 0 Å². The van der Waals surface area contributed by atoms with Crippen molar-refractivity contribution in [1.29, 1.82) is 0 Å².